The van der Waals surface area contributed by atoms with Crippen LogP contribution >= 0.6 is 0 Å². The fraction of sp³-hybridized carbons (Fsp3) is 0.467. The maximum atomic E-state index is 5.96. The van der Waals surface area contributed by atoms with Crippen molar-refractivity contribution >= 4 is 11.4 Å². The predicted octanol–water partition coefficient (Wildman–Crippen LogP) is 1.04. The lowest BCUT2D eigenvalue weighted by Gasteiger charge is -2.47. The minimum Gasteiger partial charge on any atom is -0.306 e. The molecule has 108 valence electrons. The highest BCUT2D eigenvalue weighted by Crippen LogP contribution is 2.40. The normalized spacial score (nSPS) is 34.4. The summed E-state index contributed by atoms with van der Waals surface area (Å²) in [5, 5.41) is 0. The quantitative estimate of drug-likeness (QED) is 0.849. The SMILES string of the molecule is c1cn2cncc2cc1C1=NC2(CN3CCC2CC3)ON1. The van der Waals surface area contributed by atoms with Gasteiger partial charge in [-0.2, -0.15) is 0 Å². The minimum atomic E-state index is -0.377. The van der Waals surface area contributed by atoms with Gasteiger partial charge < -0.3 is 4.40 Å². The molecule has 6 heteroatoms. The second-order valence-electron chi connectivity index (χ2n) is 6.20. The zero-order chi connectivity index (χ0) is 13.9. The molecule has 2 aromatic heterocycles. The molecule has 2 bridgehead atoms. The Morgan fingerprint density at radius 3 is 3.05 bits per heavy atom. The molecule has 2 aromatic rings. The topological polar surface area (TPSA) is 54.2 Å². The van der Waals surface area contributed by atoms with E-state index in [4.69, 9.17) is 9.83 Å². The Kier molecular flexibility index (Phi) is 2.26. The van der Waals surface area contributed by atoms with Crippen molar-refractivity contribution in [1.29, 1.82) is 0 Å². The third kappa shape index (κ3) is 1.66. The number of nitrogens with zero attached hydrogens (tertiary/aromatic N) is 4. The lowest BCUT2D eigenvalue weighted by atomic mass is 9.81. The maximum absolute atomic E-state index is 5.96. The van der Waals surface area contributed by atoms with Gasteiger partial charge in [-0.3, -0.25) is 4.90 Å². The summed E-state index contributed by atoms with van der Waals surface area (Å²) in [6.45, 7) is 3.27. The summed E-state index contributed by atoms with van der Waals surface area (Å²) in [7, 11) is 0. The van der Waals surface area contributed by atoms with E-state index >= 15 is 0 Å². The molecule has 6 heterocycles. The number of pyridine rings is 1. The maximum Gasteiger partial charge on any atom is 0.202 e. The molecule has 4 aliphatic rings. The predicted molar refractivity (Wildman–Crippen MR) is 77.8 cm³/mol. The summed E-state index contributed by atoms with van der Waals surface area (Å²) >= 11 is 0. The fourth-order valence-electron chi connectivity index (χ4n) is 3.80. The lowest BCUT2D eigenvalue weighted by molar-refractivity contribution is -0.155. The molecule has 0 amide bonds. The lowest BCUT2D eigenvalue weighted by Crippen LogP contribution is -2.58. The van der Waals surface area contributed by atoms with E-state index < -0.39 is 0 Å². The molecule has 3 saturated heterocycles. The standard InChI is InChI=1S/C15H17N5O/c1-6-20-10-16-8-13(20)7-11(1)14-17-15(21-18-14)9-19-4-2-12(15)3-5-19/h1,6-8,10,12H,2-5,9H2,(H,17,18). The molecule has 6 nitrogen and oxygen atoms in total. The van der Waals surface area contributed by atoms with Crippen molar-refractivity contribution in [3.05, 3.63) is 36.4 Å². The summed E-state index contributed by atoms with van der Waals surface area (Å²) in [5.74, 6) is 1.37. The van der Waals surface area contributed by atoms with E-state index in [1.165, 1.54) is 25.9 Å². The van der Waals surface area contributed by atoms with Crippen molar-refractivity contribution < 1.29 is 4.84 Å². The first-order valence-corrected chi connectivity index (χ1v) is 7.51. The van der Waals surface area contributed by atoms with Crippen LogP contribution in [0, 0.1) is 5.92 Å². The molecule has 6 rings (SSSR count). The van der Waals surface area contributed by atoms with E-state index in [9.17, 15) is 0 Å². The number of fused-ring (bicyclic) bond motifs is 3. The van der Waals surface area contributed by atoms with Gasteiger partial charge in [0.15, 0.2) is 5.84 Å². The third-order valence-corrected chi connectivity index (χ3v) is 4.99. The number of piperidine rings is 3. The number of amidine groups is 1. The molecule has 4 aliphatic heterocycles. The Hall–Kier alpha value is -1.92. The molecule has 1 N–H and O–H groups in total. The van der Waals surface area contributed by atoms with E-state index in [1.807, 2.05) is 22.9 Å². The minimum absolute atomic E-state index is 0.377. The van der Waals surface area contributed by atoms with E-state index in [-0.39, 0.29) is 5.72 Å². The number of hydroxylamine groups is 1. The molecular weight excluding hydrogens is 266 g/mol. The fourth-order valence-corrected chi connectivity index (χ4v) is 3.80. The van der Waals surface area contributed by atoms with Gasteiger partial charge in [0.05, 0.1) is 24.6 Å². The molecule has 0 aromatic carbocycles. The largest absolute Gasteiger partial charge is 0.306 e. The smallest absolute Gasteiger partial charge is 0.202 e. The summed E-state index contributed by atoms with van der Waals surface area (Å²) in [6, 6.07) is 4.13. The molecule has 1 spiro atoms. The first-order chi connectivity index (χ1) is 10.3. The van der Waals surface area contributed by atoms with Gasteiger partial charge in [0.2, 0.25) is 5.72 Å². The summed E-state index contributed by atoms with van der Waals surface area (Å²) in [6.07, 6.45) is 8.02. The van der Waals surface area contributed by atoms with E-state index in [1.54, 1.807) is 6.33 Å². The number of aliphatic imine (C=N–C) groups is 1. The molecule has 1 unspecified atom stereocenters. The molecule has 3 fully saturated rings. The summed E-state index contributed by atoms with van der Waals surface area (Å²) < 4.78 is 1.99. The Bertz CT molecular complexity index is 730. The first-order valence-electron chi connectivity index (χ1n) is 7.51. The Morgan fingerprint density at radius 2 is 2.24 bits per heavy atom. The van der Waals surface area contributed by atoms with Crippen molar-refractivity contribution in [2.45, 2.75) is 18.6 Å². The summed E-state index contributed by atoms with van der Waals surface area (Å²) in [5.41, 5.74) is 4.81. The van der Waals surface area contributed by atoms with Gasteiger partial charge in [0, 0.05) is 17.7 Å². The first kappa shape index (κ1) is 11.7. The van der Waals surface area contributed by atoms with Crippen molar-refractivity contribution in [1.82, 2.24) is 19.8 Å². The molecular formula is C15H17N5O. The Morgan fingerprint density at radius 1 is 1.33 bits per heavy atom. The van der Waals surface area contributed by atoms with Crippen LogP contribution in [0.5, 0.6) is 0 Å². The number of rotatable bonds is 1. The second kappa shape index (κ2) is 4.05. The van der Waals surface area contributed by atoms with Crippen molar-refractivity contribution in [3.8, 4) is 0 Å². The zero-order valence-corrected chi connectivity index (χ0v) is 11.7. The Labute approximate surface area is 122 Å². The van der Waals surface area contributed by atoms with Gasteiger partial charge in [-0.25, -0.2) is 20.3 Å². The average molecular weight is 283 g/mol. The number of hydrogen-bond acceptors (Lipinski definition) is 5. The van der Waals surface area contributed by atoms with Crippen LogP contribution in [0.4, 0.5) is 0 Å². The van der Waals surface area contributed by atoms with Crippen molar-refractivity contribution in [2.24, 2.45) is 10.9 Å². The molecule has 0 aliphatic carbocycles. The van der Waals surface area contributed by atoms with Gasteiger partial charge in [0.1, 0.15) is 0 Å². The average Bonchev–Trinajstić information content (AvgIpc) is 3.15. The highest BCUT2D eigenvalue weighted by atomic mass is 16.7. The molecule has 21 heavy (non-hydrogen) atoms. The van der Waals surface area contributed by atoms with Gasteiger partial charge in [-0.05, 0) is 38.1 Å². The number of imidazole rings is 1. The molecule has 0 saturated carbocycles. The van der Waals surface area contributed by atoms with Gasteiger partial charge >= 0.3 is 0 Å². The van der Waals surface area contributed by atoms with E-state index in [2.05, 4.69) is 21.4 Å². The third-order valence-electron chi connectivity index (χ3n) is 4.99. The van der Waals surface area contributed by atoms with Crippen LogP contribution in [-0.4, -0.2) is 45.5 Å². The number of aromatic nitrogens is 2. The number of hydrogen-bond donors (Lipinski definition) is 1. The summed E-state index contributed by atoms with van der Waals surface area (Å²) in [4.78, 5) is 17.5. The van der Waals surface area contributed by atoms with E-state index in [0.29, 0.717) is 5.92 Å². The van der Waals surface area contributed by atoms with Crippen LogP contribution in [0.15, 0.2) is 35.8 Å². The van der Waals surface area contributed by atoms with Crippen LogP contribution in [0.3, 0.4) is 0 Å². The highest BCUT2D eigenvalue weighted by molar-refractivity contribution is 6.00. The number of nitrogens with one attached hydrogen (secondary N) is 1. The van der Waals surface area contributed by atoms with Gasteiger partial charge in [0.25, 0.3) is 0 Å². The monoisotopic (exact) mass is 283 g/mol. The molecule has 0 radical (unpaired) electrons. The van der Waals surface area contributed by atoms with Gasteiger partial charge in [-0.1, -0.05) is 0 Å². The Balaban J connectivity index is 1.53. The van der Waals surface area contributed by atoms with Crippen LogP contribution in [0.25, 0.3) is 5.52 Å². The molecule has 1 atom stereocenters. The van der Waals surface area contributed by atoms with E-state index in [0.717, 1.165) is 23.5 Å². The zero-order valence-electron chi connectivity index (χ0n) is 11.7. The van der Waals surface area contributed by atoms with Crippen LogP contribution < -0.4 is 5.48 Å². The van der Waals surface area contributed by atoms with Crippen molar-refractivity contribution in [2.75, 3.05) is 19.6 Å². The van der Waals surface area contributed by atoms with Crippen LogP contribution in [0.1, 0.15) is 18.4 Å². The van der Waals surface area contributed by atoms with Crippen molar-refractivity contribution in [3.63, 3.8) is 0 Å². The van der Waals surface area contributed by atoms with Gasteiger partial charge in [-0.15, -0.1) is 0 Å². The second-order valence-corrected chi connectivity index (χ2v) is 6.20. The highest BCUT2D eigenvalue weighted by Gasteiger charge is 2.51. The van der Waals surface area contributed by atoms with Crippen LogP contribution in [0.2, 0.25) is 0 Å². The van der Waals surface area contributed by atoms with Crippen LogP contribution in [-0.2, 0) is 4.84 Å².